The van der Waals surface area contributed by atoms with E-state index >= 15 is 0 Å². The fraction of sp³-hybridized carbons (Fsp3) is 0.231. The molecule has 1 aromatic heterocycles. The molecule has 0 aliphatic heterocycles. The van der Waals surface area contributed by atoms with E-state index in [0.717, 1.165) is 5.56 Å². The number of hydrogen-bond donors (Lipinski definition) is 0. The summed E-state index contributed by atoms with van der Waals surface area (Å²) in [6.07, 6.45) is 3.18. The number of aromatic nitrogens is 2. The van der Waals surface area contributed by atoms with Crippen molar-refractivity contribution in [1.29, 1.82) is 0 Å². The van der Waals surface area contributed by atoms with Gasteiger partial charge >= 0.3 is 0 Å². The molecule has 0 radical (unpaired) electrons. The standard InChI is InChI=1S/C13H13IN2O/c1-9-3-4-10(2)11(5-9)7-16-8-15-6-12(14)13(16)17/h3-6,8H,7H2,1-2H3. The topological polar surface area (TPSA) is 34.9 Å². The molecule has 0 amide bonds. The monoisotopic (exact) mass is 340 g/mol. The molecule has 0 saturated heterocycles. The Morgan fingerprint density at radius 2 is 2.12 bits per heavy atom. The molecular formula is C13H13IN2O. The molecule has 0 atom stereocenters. The summed E-state index contributed by atoms with van der Waals surface area (Å²) in [5.74, 6) is 0. The SMILES string of the molecule is Cc1ccc(C)c(Cn2cncc(I)c2=O)c1. The number of halogens is 1. The van der Waals surface area contributed by atoms with Crippen LogP contribution in [0, 0.1) is 17.4 Å². The fourth-order valence-electron chi connectivity index (χ4n) is 1.69. The van der Waals surface area contributed by atoms with Crippen molar-refractivity contribution < 1.29 is 0 Å². The van der Waals surface area contributed by atoms with E-state index in [1.807, 2.05) is 22.6 Å². The third-order valence-electron chi connectivity index (χ3n) is 2.70. The molecule has 0 spiro atoms. The van der Waals surface area contributed by atoms with E-state index in [2.05, 4.69) is 37.0 Å². The number of rotatable bonds is 2. The highest BCUT2D eigenvalue weighted by Gasteiger charge is 2.04. The van der Waals surface area contributed by atoms with Crippen LogP contribution >= 0.6 is 22.6 Å². The second-order valence-electron chi connectivity index (χ2n) is 4.10. The summed E-state index contributed by atoms with van der Waals surface area (Å²) >= 11 is 2.01. The second-order valence-corrected chi connectivity index (χ2v) is 5.27. The van der Waals surface area contributed by atoms with Crippen LogP contribution in [0.15, 0.2) is 35.5 Å². The first-order valence-corrected chi connectivity index (χ1v) is 6.42. The molecule has 2 rings (SSSR count). The molecule has 0 N–H and O–H groups in total. The van der Waals surface area contributed by atoms with Gasteiger partial charge in [-0.05, 0) is 47.6 Å². The average Bonchev–Trinajstić information content (AvgIpc) is 2.30. The zero-order valence-corrected chi connectivity index (χ0v) is 11.9. The van der Waals surface area contributed by atoms with Crippen molar-refractivity contribution in [2.45, 2.75) is 20.4 Å². The van der Waals surface area contributed by atoms with Crippen molar-refractivity contribution in [2.24, 2.45) is 0 Å². The van der Waals surface area contributed by atoms with Gasteiger partial charge in [-0.15, -0.1) is 0 Å². The van der Waals surface area contributed by atoms with Crippen LogP contribution in [0.5, 0.6) is 0 Å². The van der Waals surface area contributed by atoms with Crippen LogP contribution < -0.4 is 5.56 Å². The van der Waals surface area contributed by atoms with Crippen LogP contribution in [0.25, 0.3) is 0 Å². The normalized spacial score (nSPS) is 10.5. The Hall–Kier alpha value is -1.17. The lowest BCUT2D eigenvalue weighted by molar-refractivity contribution is 0.726. The van der Waals surface area contributed by atoms with Gasteiger partial charge in [-0.2, -0.15) is 0 Å². The Morgan fingerprint density at radius 1 is 1.35 bits per heavy atom. The van der Waals surface area contributed by atoms with E-state index in [1.54, 1.807) is 17.1 Å². The van der Waals surface area contributed by atoms with Gasteiger partial charge in [-0.1, -0.05) is 23.8 Å². The van der Waals surface area contributed by atoms with Gasteiger partial charge < -0.3 is 0 Å². The molecular weight excluding hydrogens is 327 g/mol. The lowest BCUT2D eigenvalue weighted by atomic mass is 10.1. The second kappa shape index (κ2) is 5.00. The molecule has 88 valence electrons. The van der Waals surface area contributed by atoms with E-state index in [-0.39, 0.29) is 5.56 Å². The third-order valence-corrected chi connectivity index (χ3v) is 3.44. The Morgan fingerprint density at radius 3 is 2.88 bits per heavy atom. The van der Waals surface area contributed by atoms with Gasteiger partial charge in [0.1, 0.15) is 0 Å². The molecule has 17 heavy (non-hydrogen) atoms. The average molecular weight is 340 g/mol. The highest BCUT2D eigenvalue weighted by molar-refractivity contribution is 14.1. The quantitative estimate of drug-likeness (QED) is 0.788. The molecule has 0 saturated carbocycles. The number of nitrogens with zero attached hydrogens (tertiary/aromatic N) is 2. The highest BCUT2D eigenvalue weighted by Crippen LogP contribution is 2.11. The predicted molar refractivity (Wildman–Crippen MR) is 76.2 cm³/mol. The fourth-order valence-corrected chi connectivity index (χ4v) is 2.16. The maximum absolute atomic E-state index is 11.9. The summed E-state index contributed by atoms with van der Waals surface area (Å²) in [7, 11) is 0. The Bertz CT molecular complexity index is 605. The Balaban J connectivity index is 2.41. The van der Waals surface area contributed by atoms with Gasteiger partial charge in [0, 0.05) is 6.20 Å². The summed E-state index contributed by atoms with van der Waals surface area (Å²) in [5.41, 5.74) is 3.58. The lowest BCUT2D eigenvalue weighted by Crippen LogP contribution is -2.23. The van der Waals surface area contributed by atoms with E-state index in [0.29, 0.717) is 10.1 Å². The lowest BCUT2D eigenvalue weighted by Gasteiger charge is -2.09. The maximum Gasteiger partial charge on any atom is 0.267 e. The predicted octanol–water partition coefficient (Wildman–Crippen LogP) is 2.51. The van der Waals surface area contributed by atoms with Crippen molar-refractivity contribution in [3.05, 3.63) is 61.3 Å². The Labute approximate surface area is 114 Å². The molecule has 0 aliphatic rings. The number of hydrogen-bond acceptors (Lipinski definition) is 2. The zero-order chi connectivity index (χ0) is 12.4. The summed E-state index contributed by atoms with van der Waals surface area (Å²) in [5, 5.41) is 0. The van der Waals surface area contributed by atoms with E-state index in [4.69, 9.17) is 0 Å². The van der Waals surface area contributed by atoms with Gasteiger partial charge in [-0.3, -0.25) is 9.36 Å². The summed E-state index contributed by atoms with van der Waals surface area (Å²) in [6, 6.07) is 6.27. The van der Waals surface area contributed by atoms with Crippen LogP contribution in [-0.2, 0) is 6.54 Å². The molecule has 1 aromatic carbocycles. The smallest absolute Gasteiger partial charge is 0.267 e. The molecule has 4 heteroatoms. The number of aryl methyl sites for hydroxylation is 2. The van der Waals surface area contributed by atoms with E-state index in [1.165, 1.54) is 11.1 Å². The summed E-state index contributed by atoms with van der Waals surface area (Å²) in [4.78, 5) is 15.9. The van der Waals surface area contributed by atoms with Crippen molar-refractivity contribution in [3.63, 3.8) is 0 Å². The first-order valence-electron chi connectivity index (χ1n) is 5.34. The summed E-state index contributed by atoms with van der Waals surface area (Å²) < 4.78 is 2.29. The minimum atomic E-state index is 0.0153. The molecule has 0 bridgehead atoms. The Kier molecular flexibility index (Phi) is 3.61. The molecule has 0 fully saturated rings. The first kappa shape index (κ1) is 12.3. The van der Waals surface area contributed by atoms with Crippen molar-refractivity contribution in [3.8, 4) is 0 Å². The minimum Gasteiger partial charge on any atom is -0.294 e. The molecule has 1 heterocycles. The molecule has 2 aromatic rings. The van der Waals surface area contributed by atoms with Crippen LogP contribution in [0.3, 0.4) is 0 Å². The molecule has 0 unspecified atom stereocenters. The van der Waals surface area contributed by atoms with Crippen LogP contribution in [0.4, 0.5) is 0 Å². The van der Waals surface area contributed by atoms with Gasteiger partial charge in [0.25, 0.3) is 5.56 Å². The van der Waals surface area contributed by atoms with Crippen LogP contribution in [0.2, 0.25) is 0 Å². The van der Waals surface area contributed by atoms with Gasteiger partial charge in [0.05, 0.1) is 16.4 Å². The number of benzene rings is 1. The van der Waals surface area contributed by atoms with E-state index < -0.39 is 0 Å². The van der Waals surface area contributed by atoms with Crippen LogP contribution in [-0.4, -0.2) is 9.55 Å². The largest absolute Gasteiger partial charge is 0.294 e. The minimum absolute atomic E-state index is 0.0153. The highest BCUT2D eigenvalue weighted by atomic mass is 127. The maximum atomic E-state index is 11.9. The van der Waals surface area contributed by atoms with Crippen molar-refractivity contribution >= 4 is 22.6 Å². The van der Waals surface area contributed by atoms with Gasteiger partial charge in [-0.25, -0.2) is 4.98 Å². The third kappa shape index (κ3) is 2.74. The first-order chi connectivity index (χ1) is 8.08. The van der Waals surface area contributed by atoms with Crippen molar-refractivity contribution in [1.82, 2.24) is 9.55 Å². The van der Waals surface area contributed by atoms with E-state index in [9.17, 15) is 4.79 Å². The van der Waals surface area contributed by atoms with Gasteiger partial charge in [0.15, 0.2) is 0 Å². The van der Waals surface area contributed by atoms with Crippen molar-refractivity contribution in [2.75, 3.05) is 0 Å². The summed E-state index contributed by atoms with van der Waals surface area (Å²) in [6.45, 7) is 4.69. The molecule has 3 nitrogen and oxygen atoms in total. The molecule has 0 aliphatic carbocycles. The van der Waals surface area contributed by atoms with Gasteiger partial charge in [0.2, 0.25) is 0 Å². The van der Waals surface area contributed by atoms with Crippen LogP contribution in [0.1, 0.15) is 16.7 Å². The zero-order valence-electron chi connectivity index (χ0n) is 9.77.